The number of fused-ring (bicyclic) bond motifs is 1. The molecule has 2 aromatic heterocycles. The molecule has 8 nitrogen and oxygen atoms in total. The van der Waals surface area contributed by atoms with Gasteiger partial charge in [0.1, 0.15) is 17.9 Å². The zero-order valence-corrected chi connectivity index (χ0v) is 13.3. The molecular formula is C15H15F2N7O. The van der Waals surface area contributed by atoms with Crippen LogP contribution in [0.4, 0.5) is 26.1 Å². The van der Waals surface area contributed by atoms with Crippen molar-refractivity contribution in [3.63, 3.8) is 0 Å². The Hall–Kier alpha value is -3.30. The summed E-state index contributed by atoms with van der Waals surface area (Å²) in [4.78, 5) is 3.97. The summed E-state index contributed by atoms with van der Waals surface area (Å²) < 4.78 is 33.5. The first-order valence-electron chi connectivity index (χ1n) is 7.29. The average Bonchev–Trinajstić information content (AvgIpc) is 2.94. The molecule has 0 saturated heterocycles. The van der Waals surface area contributed by atoms with E-state index >= 15 is 0 Å². The topological polar surface area (TPSA) is 114 Å². The molecule has 0 amide bonds. The summed E-state index contributed by atoms with van der Waals surface area (Å²) in [5, 5.41) is 10.1. The van der Waals surface area contributed by atoms with Gasteiger partial charge in [-0.15, -0.1) is 5.10 Å². The smallest absolute Gasteiger partial charge is 0.243 e. The lowest BCUT2D eigenvalue weighted by atomic mass is 10.1. The molecule has 2 heterocycles. The lowest BCUT2D eigenvalue weighted by Gasteiger charge is -2.10. The third kappa shape index (κ3) is 2.93. The molecule has 0 aliphatic rings. The predicted octanol–water partition coefficient (Wildman–Crippen LogP) is 3.17. The number of benzene rings is 1. The standard InChI is InChI=1S/C15H15F2N7O/c1-25-14-13-12(9(17)7-24(13)23-15(18)21-14)8-2-3-10(22-19)11(6-8)20-5-4-16/h2-3,6-7,19-20H,4-5H2,1H3,(H2,18,23). The largest absolute Gasteiger partial charge is 0.479 e. The van der Waals surface area contributed by atoms with Crippen LogP contribution >= 0.6 is 0 Å². The third-order valence-corrected chi connectivity index (χ3v) is 3.58. The number of nitrogens with zero attached hydrogens (tertiary/aromatic N) is 4. The minimum Gasteiger partial charge on any atom is -0.479 e. The quantitative estimate of drug-likeness (QED) is 0.593. The van der Waals surface area contributed by atoms with E-state index in [1.54, 1.807) is 12.1 Å². The second-order valence-corrected chi connectivity index (χ2v) is 5.08. The average molecular weight is 347 g/mol. The van der Waals surface area contributed by atoms with E-state index in [9.17, 15) is 8.78 Å². The van der Waals surface area contributed by atoms with Crippen LogP contribution in [0.25, 0.3) is 16.6 Å². The number of halogens is 2. The normalized spacial score (nSPS) is 10.8. The molecule has 0 radical (unpaired) electrons. The third-order valence-electron chi connectivity index (χ3n) is 3.58. The minimum absolute atomic E-state index is 0.0495. The zero-order chi connectivity index (χ0) is 18.0. The van der Waals surface area contributed by atoms with Gasteiger partial charge in [0.2, 0.25) is 11.8 Å². The molecule has 1 aromatic carbocycles. The highest BCUT2D eigenvalue weighted by Gasteiger charge is 2.20. The number of anilines is 2. The number of nitrogen functional groups attached to an aromatic ring is 1. The van der Waals surface area contributed by atoms with Gasteiger partial charge in [-0.2, -0.15) is 10.1 Å². The Balaban J connectivity index is 2.22. The second kappa shape index (κ2) is 6.67. The molecule has 0 atom stereocenters. The van der Waals surface area contributed by atoms with E-state index in [0.717, 1.165) is 0 Å². The molecule has 0 aliphatic heterocycles. The minimum atomic E-state index is -0.591. The molecule has 0 unspecified atom stereocenters. The summed E-state index contributed by atoms with van der Waals surface area (Å²) in [6.07, 6.45) is 1.17. The monoisotopic (exact) mass is 347 g/mol. The van der Waals surface area contributed by atoms with Crippen LogP contribution < -0.4 is 15.8 Å². The van der Waals surface area contributed by atoms with Crippen molar-refractivity contribution in [2.45, 2.75) is 0 Å². The van der Waals surface area contributed by atoms with Gasteiger partial charge >= 0.3 is 0 Å². The number of hydrogen-bond acceptors (Lipinski definition) is 7. The van der Waals surface area contributed by atoms with E-state index < -0.39 is 12.5 Å². The molecule has 0 bridgehead atoms. The van der Waals surface area contributed by atoms with Gasteiger partial charge in [0.05, 0.1) is 24.6 Å². The maximum absolute atomic E-state index is 14.6. The number of nitrogens with one attached hydrogen (secondary N) is 2. The summed E-state index contributed by atoms with van der Waals surface area (Å²) in [5.41, 5.74) is 14.5. The number of hydrogen-bond donors (Lipinski definition) is 3. The van der Waals surface area contributed by atoms with Crippen molar-refractivity contribution in [1.82, 2.24) is 14.6 Å². The molecule has 25 heavy (non-hydrogen) atoms. The highest BCUT2D eigenvalue weighted by atomic mass is 19.1. The summed E-state index contributed by atoms with van der Waals surface area (Å²) in [7, 11) is 1.40. The van der Waals surface area contributed by atoms with Gasteiger partial charge in [-0.1, -0.05) is 6.07 Å². The fourth-order valence-corrected chi connectivity index (χ4v) is 2.57. The van der Waals surface area contributed by atoms with E-state index in [4.69, 9.17) is 16.0 Å². The molecule has 3 rings (SSSR count). The lowest BCUT2D eigenvalue weighted by molar-refractivity contribution is 0.400. The van der Waals surface area contributed by atoms with Crippen molar-refractivity contribution in [3.05, 3.63) is 30.2 Å². The maximum Gasteiger partial charge on any atom is 0.243 e. The van der Waals surface area contributed by atoms with Crippen LogP contribution in [0.15, 0.2) is 29.5 Å². The molecule has 130 valence electrons. The molecule has 0 fully saturated rings. The van der Waals surface area contributed by atoms with E-state index in [-0.39, 0.29) is 23.9 Å². The first kappa shape index (κ1) is 16.6. The highest BCUT2D eigenvalue weighted by Crippen LogP contribution is 2.37. The van der Waals surface area contributed by atoms with Gasteiger partial charge in [-0.25, -0.2) is 18.8 Å². The van der Waals surface area contributed by atoms with Crippen LogP contribution in [0.1, 0.15) is 0 Å². The first-order chi connectivity index (χ1) is 12.1. The van der Waals surface area contributed by atoms with Crippen molar-refractivity contribution >= 4 is 22.8 Å². The number of aromatic nitrogens is 3. The van der Waals surface area contributed by atoms with Gasteiger partial charge < -0.3 is 15.8 Å². The van der Waals surface area contributed by atoms with Crippen molar-refractivity contribution < 1.29 is 13.5 Å². The number of rotatable bonds is 6. The zero-order valence-electron chi connectivity index (χ0n) is 13.3. The summed E-state index contributed by atoms with van der Waals surface area (Å²) in [6, 6.07) is 4.72. The molecule has 0 aliphatic carbocycles. The molecule has 0 saturated carbocycles. The summed E-state index contributed by atoms with van der Waals surface area (Å²) in [6.45, 7) is -0.542. The van der Waals surface area contributed by atoms with Gasteiger partial charge in [0.15, 0.2) is 5.82 Å². The Morgan fingerprint density at radius 3 is 2.92 bits per heavy atom. The summed E-state index contributed by atoms with van der Waals surface area (Å²) in [5.74, 6) is -0.483. The van der Waals surface area contributed by atoms with Crippen molar-refractivity contribution in [2.75, 3.05) is 31.4 Å². The Morgan fingerprint density at radius 2 is 2.24 bits per heavy atom. The van der Waals surface area contributed by atoms with Crippen LogP contribution in [0.3, 0.4) is 0 Å². The number of alkyl halides is 1. The van der Waals surface area contributed by atoms with Crippen LogP contribution in [-0.4, -0.2) is 34.9 Å². The molecule has 10 heteroatoms. The van der Waals surface area contributed by atoms with Crippen molar-refractivity contribution in [1.29, 1.82) is 5.53 Å². The SMILES string of the molecule is COc1nc(N)nn2cc(F)c(-c3ccc(N=N)c(NCCF)c3)c12. The molecule has 4 N–H and O–H groups in total. The highest BCUT2D eigenvalue weighted by molar-refractivity contribution is 5.87. The molecule has 3 aromatic rings. The Morgan fingerprint density at radius 1 is 1.44 bits per heavy atom. The van der Waals surface area contributed by atoms with Crippen LogP contribution in [-0.2, 0) is 0 Å². The number of ether oxygens (including phenoxy) is 1. The van der Waals surface area contributed by atoms with E-state index in [0.29, 0.717) is 22.5 Å². The predicted molar refractivity (Wildman–Crippen MR) is 88.6 cm³/mol. The van der Waals surface area contributed by atoms with Crippen LogP contribution in [0.2, 0.25) is 0 Å². The second-order valence-electron chi connectivity index (χ2n) is 5.08. The van der Waals surface area contributed by atoms with Crippen LogP contribution in [0.5, 0.6) is 5.88 Å². The van der Waals surface area contributed by atoms with Crippen molar-refractivity contribution in [2.24, 2.45) is 5.11 Å². The Bertz CT molecular complexity index is 941. The molecule has 0 spiro atoms. The number of methoxy groups -OCH3 is 1. The number of nitrogens with two attached hydrogens (primary N) is 1. The van der Waals surface area contributed by atoms with E-state index in [1.165, 1.54) is 23.9 Å². The maximum atomic E-state index is 14.6. The van der Waals surface area contributed by atoms with Gasteiger partial charge in [-0.05, 0) is 17.7 Å². The fourth-order valence-electron chi connectivity index (χ4n) is 2.57. The van der Waals surface area contributed by atoms with Gasteiger partial charge in [0.25, 0.3) is 0 Å². The van der Waals surface area contributed by atoms with E-state index in [2.05, 4.69) is 20.5 Å². The van der Waals surface area contributed by atoms with Crippen LogP contribution in [0, 0.1) is 11.3 Å². The fraction of sp³-hybridized carbons (Fsp3) is 0.200. The Labute approximate surface area is 141 Å². The molecular weight excluding hydrogens is 332 g/mol. The van der Waals surface area contributed by atoms with Gasteiger partial charge in [0, 0.05) is 6.54 Å². The first-order valence-corrected chi connectivity index (χ1v) is 7.29. The summed E-state index contributed by atoms with van der Waals surface area (Å²) >= 11 is 0. The van der Waals surface area contributed by atoms with E-state index in [1.807, 2.05) is 0 Å². The van der Waals surface area contributed by atoms with Crippen molar-refractivity contribution in [3.8, 4) is 17.0 Å². The Kier molecular flexibility index (Phi) is 4.42. The lowest BCUT2D eigenvalue weighted by Crippen LogP contribution is -2.04. The van der Waals surface area contributed by atoms with Gasteiger partial charge in [-0.3, -0.25) is 0 Å².